The molecule has 0 spiro atoms. The van der Waals surface area contributed by atoms with Crippen LogP contribution in [0.2, 0.25) is 0 Å². The Labute approximate surface area is 488 Å². The molecule has 0 aromatic heterocycles. The van der Waals surface area contributed by atoms with E-state index in [4.69, 9.17) is 44.2 Å². The number of ketones is 1. The Bertz CT molecular complexity index is 3990. The molecule has 1 saturated carbocycles. The maximum Gasteiger partial charge on any atom is 0.321 e. The van der Waals surface area contributed by atoms with Gasteiger partial charge in [-0.05, 0) is 148 Å². The molecule has 3 fully saturated rings. The van der Waals surface area contributed by atoms with E-state index in [9.17, 15) is 29.4 Å². The van der Waals surface area contributed by atoms with Gasteiger partial charge in [0, 0.05) is 99.2 Å². The van der Waals surface area contributed by atoms with Crippen molar-refractivity contribution in [3.05, 3.63) is 183 Å². The summed E-state index contributed by atoms with van der Waals surface area (Å²) in [6, 6.07) is 0. The van der Waals surface area contributed by atoms with Crippen LogP contribution in [-0.2, 0) is 33.4 Å². The SMILES string of the molecule is CCC1=C(C)C2=NC1=CC1=C(C)C3=C(O)C(C(=O)OC)C(=C4NC(=CC5=NC(=C2)C(COC(=O)CC[C@@H]2C6=C7CC(=O)C8=C(C)C(=CC9=NC(=CC%10=NC(=C(C)/C%10=C\O)C=C(N6)[C@H]2C)C(C)=C9CC)N=C78)=C5C)[C@@H](C)[C@@H]4CCC(=O)OC)C3=N1. The van der Waals surface area contributed by atoms with Crippen molar-refractivity contribution in [2.75, 3.05) is 20.8 Å². The largest absolute Gasteiger partial charge is 0.515 e. The summed E-state index contributed by atoms with van der Waals surface area (Å²) in [7, 11) is 2.65. The van der Waals surface area contributed by atoms with Crippen LogP contribution in [0.5, 0.6) is 0 Å². The van der Waals surface area contributed by atoms with Crippen LogP contribution in [0.15, 0.2) is 213 Å². The number of Topliss-reactive ketones (excluding diaryl/α,β-unsaturated/α-hetero) is 1. The zero-order valence-electron chi connectivity index (χ0n) is 49.5. The Balaban J connectivity index is 0.892. The maximum atomic E-state index is 14.4. The number of hydrogen-bond donors (Lipinski definition) is 4. The summed E-state index contributed by atoms with van der Waals surface area (Å²) in [5, 5.41) is 29.9. The van der Waals surface area contributed by atoms with Gasteiger partial charge in [-0.15, -0.1) is 0 Å². The van der Waals surface area contributed by atoms with E-state index in [0.29, 0.717) is 115 Å². The molecule has 0 aromatic carbocycles. The summed E-state index contributed by atoms with van der Waals surface area (Å²) in [6.45, 7) is 20.0. The van der Waals surface area contributed by atoms with Gasteiger partial charge in [-0.25, -0.2) is 30.0 Å². The number of carbonyl (C=O) groups is 4. The second-order valence-electron chi connectivity index (χ2n) is 23.2. The smallest absolute Gasteiger partial charge is 0.321 e. The molecule has 2 aliphatic carbocycles. The minimum Gasteiger partial charge on any atom is -0.515 e. The number of nitrogens with one attached hydrogen (secondary N) is 2. The number of carbonyl (C=O) groups excluding carboxylic acids is 4. The predicted molar refractivity (Wildman–Crippen MR) is 322 cm³/mol. The van der Waals surface area contributed by atoms with Gasteiger partial charge in [0.25, 0.3) is 0 Å². The molecule has 12 rings (SSSR count). The van der Waals surface area contributed by atoms with Crippen molar-refractivity contribution in [2.45, 2.75) is 114 Å². The Kier molecular flexibility index (Phi) is 14.0. The number of fused-ring (bicyclic) bond motifs is 10. The maximum absolute atomic E-state index is 14.4. The third-order valence-electron chi connectivity index (χ3n) is 18.9. The van der Waals surface area contributed by atoms with Crippen molar-refractivity contribution in [3.63, 3.8) is 0 Å². The average molecular weight is 1130 g/mol. The summed E-state index contributed by atoms with van der Waals surface area (Å²) < 4.78 is 16.7. The lowest BCUT2D eigenvalue weighted by molar-refractivity contribution is -0.144. The molecule has 4 N–H and O–H groups in total. The fourth-order valence-electron chi connectivity index (χ4n) is 13.9. The molecule has 1 unspecified atom stereocenters. The monoisotopic (exact) mass is 1130 g/mol. The molecule has 0 aromatic rings. The Morgan fingerprint density at radius 2 is 1.20 bits per heavy atom. The number of allylic oxidation sites excluding steroid dienone is 22. The van der Waals surface area contributed by atoms with E-state index in [-0.39, 0.29) is 67.1 Å². The first-order valence-electron chi connectivity index (χ1n) is 29.0. The topological polar surface area (TPSA) is 235 Å². The predicted octanol–water partition coefficient (Wildman–Crippen LogP) is 11.2. The van der Waals surface area contributed by atoms with Gasteiger partial charge in [0.1, 0.15) is 18.3 Å². The molecule has 5 atom stereocenters. The lowest BCUT2D eigenvalue weighted by atomic mass is 9.84. The zero-order valence-corrected chi connectivity index (χ0v) is 49.5. The molecule has 12 aliphatic rings. The molecule has 16 bridgehead atoms. The van der Waals surface area contributed by atoms with Crippen molar-refractivity contribution in [1.82, 2.24) is 10.6 Å². The molecule has 0 amide bonds. The second kappa shape index (κ2) is 21.1. The van der Waals surface area contributed by atoms with E-state index in [0.717, 1.165) is 85.8 Å². The number of aliphatic hydroxyl groups excluding tert-OH is 2. The van der Waals surface area contributed by atoms with Crippen LogP contribution in [0.4, 0.5) is 0 Å². The van der Waals surface area contributed by atoms with E-state index in [1.807, 2.05) is 84.9 Å². The molecule has 84 heavy (non-hydrogen) atoms. The minimum atomic E-state index is -1.16. The summed E-state index contributed by atoms with van der Waals surface area (Å²) >= 11 is 0. The van der Waals surface area contributed by atoms with Gasteiger partial charge in [-0.2, -0.15) is 0 Å². The molecule has 0 radical (unpaired) electrons. The first kappa shape index (κ1) is 55.7. The molecule has 2 saturated heterocycles. The number of hydrogen-bond acceptors (Lipinski definition) is 17. The summed E-state index contributed by atoms with van der Waals surface area (Å²) in [6.07, 6.45) is 15.3. The minimum absolute atomic E-state index is 0.00587. The van der Waals surface area contributed by atoms with Gasteiger partial charge in [0.2, 0.25) is 0 Å². The van der Waals surface area contributed by atoms with E-state index in [1.54, 1.807) is 0 Å². The highest BCUT2D eigenvalue weighted by Gasteiger charge is 2.50. The van der Waals surface area contributed by atoms with Crippen LogP contribution in [0.1, 0.15) is 114 Å². The van der Waals surface area contributed by atoms with Crippen molar-refractivity contribution < 1.29 is 43.6 Å². The number of rotatable bonds is 11. The summed E-state index contributed by atoms with van der Waals surface area (Å²) in [4.78, 5) is 85.8. The molecule has 17 nitrogen and oxygen atoms in total. The van der Waals surface area contributed by atoms with Gasteiger partial charge < -0.3 is 35.1 Å². The van der Waals surface area contributed by atoms with Gasteiger partial charge in [0.15, 0.2) is 5.78 Å². The fraction of sp³-hybridized carbons (Fsp3) is 0.373. The number of methoxy groups -OCH3 is 2. The zero-order chi connectivity index (χ0) is 59.5. The standard InChI is InChI=1S/C67H68N8O9/c1-13-36-28(3)45-22-53-41(26-76)32(7)43(70-53)20-47-30(5)38(62(72-47)40-19-55(77)58-34(9)49(74-64(40)58)24-51(36)68-45)16-18-57(79)84-27-42-33(8)44-21-48-31(6)39(15-17-56(78)82-11)63(73-48)60-61(67(81)83-12)66(80)59-35(10)50(75-65(59)60)25-52-37(14-2)29(4)46(69-52)23-54(42)71-44/h20-26,30-31,38-39,61,72-73,76,80H,13-19,27H2,1-12H3/b41-26+,45-22?,47-20?,48-21?,49-24?,52-25?,54-23?,62-40?,63-60?/t30-,31-,38-,39-,61?/m0/s1. The van der Waals surface area contributed by atoms with E-state index in [1.165, 1.54) is 14.2 Å². The number of aliphatic imine (C=N–C) groups is 6. The number of aliphatic hydroxyl groups is 2. The lowest BCUT2D eigenvalue weighted by Crippen LogP contribution is -2.25. The van der Waals surface area contributed by atoms with Gasteiger partial charge in [0.05, 0.1) is 88.9 Å². The first-order chi connectivity index (χ1) is 40.3. The van der Waals surface area contributed by atoms with Crippen molar-refractivity contribution in [3.8, 4) is 0 Å². The third kappa shape index (κ3) is 8.79. The molecule has 430 valence electrons. The Morgan fingerprint density at radius 1 is 0.607 bits per heavy atom. The van der Waals surface area contributed by atoms with E-state index < -0.39 is 17.9 Å². The van der Waals surface area contributed by atoms with Crippen molar-refractivity contribution >= 4 is 58.0 Å². The molecular weight excluding hydrogens is 1060 g/mol. The van der Waals surface area contributed by atoms with Crippen molar-refractivity contribution in [1.29, 1.82) is 0 Å². The second-order valence-corrected chi connectivity index (χ2v) is 23.2. The quantitative estimate of drug-likeness (QED) is 0.0863. The van der Waals surface area contributed by atoms with Crippen LogP contribution in [0, 0.1) is 29.6 Å². The van der Waals surface area contributed by atoms with E-state index >= 15 is 0 Å². The highest BCUT2D eigenvalue weighted by atomic mass is 16.5. The summed E-state index contributed by atoms with van der Waals surface area (Å²) in [5.41, 5.74) is 21.8. The highest BCUT2D eigenvalue weighted by molar-refractivity contribution is 6.38. The third-order valence-corrected chi connectivity index (χ3v) is 18.9. The van der Waals surface area contributed by atoms with Gasteiger partial charge in [-0.1, -0.05) is 27.7 Å². The van der Waals surface area contributed by atoms with Crippen LogP contribution < -0.4 is 10.6 Å². The van der Waals surface area contributed by atoms with Crippen LogP contribution in [-0.4, -0.2) is 89.0 Å². The average Bonchev–Trinajstić information content (AvgIpc) is 2.01. The molecule has 10 heterocycles. The number of esters is 3. The van der Waals surface area contributed by atoms with E-state index in [2.05, 4.69) is 31.4 Å². The fourth-order valence-corrected chi connectivity index (χ4v) is 13.9. The lowest BCUT2D eigenvalue weighted by Gasteiger charge is -2.20. The van der Waals surface area contributed by atoms with Gasteiger partial charge in [-0.3, -0.25) is 19.2 Å². The Hall–Kier alpha value is -8.86. The molecule has 17 heteroatoms. The molecular formula is C67H68N8O9. The van der Waals surface area contributed by atoms with Crippen LogP contribution in [0.25, 0.3) is 0 Å². The highest BCUT2D eigenvalue weighted by Crippen LogP contribution is 2.50. The van der Waals surface area contributed by atoms with Crippen LogP contribution in [0.3, 0.4) is 0 Å². The number of nitrogens with zero attached hydrogens (tertiary/aromatic N) is 6. The number of ether oxygens (including phenoxy) is 3. The molecule has 10 aliphatic heterocycles. The van der Waals surface area contributed by atoms with Crippen molar-refractivity contribution in [2.24, 2.45) is 59.5 Å². The first-order valence-corrected chi connectivity index (χ1v) is 29.0. The Morgan fingerprint density at radius 3 is 1.89 bits per heavy atom. The van der Waals surface area contributed by atoms with Gasteiger partial charge >= 0.3 is 17.9 Å². The normalized spacial score (nSPS) is 26.2. The summed E-state index contributed by atoms with van der Waals surface area (Å²) in [5.74, 6) is -3.71. The van der Waals surface area contributed by atoms with Crippen LogP contribution >= 0.6 is 0 Å².